The Bertz CT molecular complexity index is 398. The fourth-order valence-corrected chi connectivity index (χ4v) is 2.50. The number of rotatable bonds is 7. The van der Waals surface area contributed by atoms with Crippen molar-refractivity contribution in [2.24, 2.45) is 0 Å². The lowest BCUT2D eigenvalue weighted by molar-refractivity contribution is 0.522. The van der Waals surface area contributed by atoms with Crippen LogP contribution in [-0.2, 0) is 0 Å². The largest absolute Gasteiger partial charge is 0.310 e. The van der Waals surface area contributed by atoms with Crippen molar-refractivity contribution in [1.82, 2.24) is 5.32 Å². The Balaban J connectivity index is 2.92. The zero-order valence-electron chi connectivity index (χ0n) is 11.7. The monoisotopic (exact) mass is 309 g/mol. The summed E-state index contributed by atoms with van der Waals surface area (Å²) in [4.78, 5) is 0. The lowest BCUT2D eigenvalue weighted by atomic mass is 9.97. The van der Waals surface area contributed by atoms with Gasteiger partial charge in [-0.2, -0.15) is 0 Å². The Morgan fingerprint density at radius 3 is 2.72 bits per heavy atom. The van der Waals surface area contributed by atoms with Gasteiger partial charge >= 0.3 is 0 Å². The molecule has 1 nitrogen and oxygen atoms in total. The van der Waals surface area contributed by atoms with Crippen molar-refractivity contribution in [2.45, 2.75) is 46.1 Å². The molecule has 0 aliphatic carbocycles. The summed E-state index contributed by atoms with van der Waals surface area (Å²) in [6.45, 7) is 11.7. The van der Waals surface area contributed by atoms with E-state index in [9.17, 15) is 0 Å². The Kier molecular flexibility index (Phi) is 6.66. The number of nitrogens with one attached hydrogen (secondary N) is 1. The van der Waals surface area contributed by atoms with Gasteiger partial charge < -0.3 is 5.32 Å². The van der Waals surface area contributed by atoms with E-state index in [0.29, 0.717) is 6.04 Å². The van der Waals surface area contributed by atoms with Crippen molar-refractivity contribution >= 4 is 15.9 Å². The predicted octanol–water partition coefficient (Wildman–Crippen LogP) is 5.15. The van der Waals surface area contributed by atoms with E-state index in [1.165, 1.54) is 21.2 Å². The van der Waals surface area contributed by atoms with Crippen LogP contribution in [0.3, 0.4) is 0 Å². The predicted molar refractivity (Wildman–Crippen MR) is 84.0 cm³/mol. The minimum Gasteiger partial charge on any atom is -0.310 e. The second-order valence-corrected chi connectivity index (χ2v) is 5.69. The zero-order valence-corrected chi connectivity index (χ0v) is 13.3. The SMILES string of the molecule is C=C(CC)CC(NCCC)c1cc(C)ccc1Br. The van der Waals surface area contributed by atoms with Crippen LogP contribution >= 0.6 is 15.9 Å². The highest BCUT2D eigenvalue weighted by molar-refractivity contribution is 9.10. The fourth-order valence-electron chi connectivity index (χ4n) is 1.97. The molecular weight excluding hydrogens is 286 g/mol. The Morgan fingerprint density at radius 2 is 2.11 bits per heavy atom. The molecular formula is C16H24BrN. The van der Waals surface area contributed by atoms with E-state index in [0.717, 1.165) is 25.8 Å². The highest BCUT2D eigenvalue weighted by atomic mass is 79.9. The minimum absolute atomic E-state index is 0.367. The van der Waals surface area contributed by atoms with E-state index in [4.69, 9.17) is 0 Å². The van der Waals surface area contributed by atoms with Gasteiger partial charge in [0, 0.05) is 10.5 Å². The van der Waals surface area contributed by atoms with Gasteiger partial charge in [-0.3, -0.25) is 0 Å². The molecule has 18 heavy (non-hydrogen) atoms. The van der Waals surface area contributed by atoms with Crippen LogP contribution in [0.5, 0.6) is 0 Å². The first-order valence-corrected chi connectivity index (χ1v) is 7.53. The Labute approximate surface area is 120 Å². The van der Waals surface area contributed by atoms with Crippen LogP contribution in [0.25, 0.3) is 0 Å². The third-order valence-corrected chi connectivity index (χ3v) is 3.88. The molecule has 0 radical (unpaired) electrons. The van der Waals surface area contributed by atoms with E-state index >= 15 is 0 Å². The first kappa shape index (κ1) is 15.5. The maximum absolute atomic E-state index is 4.14. The second kappa shape index (κ2) is 7.75. The summed E-state index contributed by atoms with van der Waals surface area (Å²) >= 11 is 3.67. The molecule has 1 atom stereocenters. The molecule has 0 aliphatic rings. The molecule has 0 bridgehead atoms. The summed E-state index contributed by atoms with van der Waals surface area (Å²) in [7, 11) is 0. The van der Waals surface area contributed by atoms with Crippen LogP contribution in [0.2, 0.25) is 0 Å². The van der Waals surface area contributed by atoms with Crippen molar-refractivity contribution in [3.63, 3.8) is 0 Å². The molecule has 1 N–H and O–H groups in total. The molecule has 2 heteroatoms. The highest BCUT2D eigenvalue weighted by Gasteiger charge is 2.14. The van der Waals surface area contributed by atoms with Gasteiger partial charge in [0.1, 0.15) is 0 Å². The van der Waals surface area contributed by atoms with Crippen LogP contribution in [0, 0.1) is 6.92 Å². The van der Waals surface area contributed by atoms with E-state index in [1.807, 2.05) is 0 Å². The molecule has 1 aromatic rings. The summed E-state index contributed by atoms with van der Waals surface area (Å²) in [5, 5.41) is 3.63. The average Bonchev–Trinajstić information content (AvgIpc) is 2.37. The van der Waals surface area contributed by atoms with E-state index < -0.39 is 0 Å². The van der Waals surface area contributed by atoms with Gasteiger partial charge in [0.05, 0.1) is 0 Å². The molecule has 0 fully saturated rings. The first-order valence-electron chi connectivity index (χ1n) is 6.74. The maximum Gasteiger partial charge on any atom is 0.0368 e. The Hall–Kier alpha value is -0.600. The molecule has 1 unspecified atom stereocenters. The fraction of sp³-hybridized carbons (Fsp3) is 0.500. The lowest BCUT2D eigenvalue weighted by Gasteiger charge is -2.21. The van der Waals surface area contributed by atoms with Crippen molar-refractivity contribution in [1.29, 1.82) is 0 Å². The molecule has 0 aromatic heterocycles. The number of benzene rings is 1. The van der Waals surface area contributed by atoms with E-state index in [1.54, 1.807) is 0 Å². The van der Waals surface area contributed by atoms with Gasteiger partial charge in [0.25, 0.3) is 0 Å². The van der Waals surface area contributed by atoms with E-state index in [-0.39, 0.29) is 0 Å². The van der Waals surface area contributed by atoms with Crippen LogP contribution in [0.15, 0.2) is 34.8 Å². The number of aryl methyl sites for hydroxylation is 1. The molecule has 100 valence electrons. The molecule has 0 saturated carbocycles. The van der Waals surface area contributed by atoms with E-state index in [2.05, 4.69) is 66.8 Å². The van der Waals surface area contributed by atoms with Crippen molar-refractivity contribution in [3.05, 3.63) is 46.0 Å². The average molecular weight is 310 g/mol. The smallest absolute Gasteiger partial charge is 0.0368 e. The standard InChI is InChI=1S/C16H24BrN/c1-5-9-18-16(11-12(3)6-2)14-10-13(4)7-8-15(14)17/h7-8,10,16,18H,3,5-6,9,11H2,1-2,4H3. The molecule has 0 heterocycles. The molecule has 0 saturated heterocycles. The molecule has 0 spiro atoms. The normalized spacial score (nSPS) is 12.4. The lowest BCUT2D eigenvalue weighted by Crippen LogP contribution is -2.23. The molecule has 1 rings (SSSR count). The van der Waals surface area contributed by atoms with Crippen LogP contribution < -0.4 is 5.32 Å². The van der Waals surface area contributed by atoms with Crippen LogP contribution in [0.1, 0.15) is 50.3 Å². The van der Waals surface area contributed by atoms with Crippen molar-refractivity contribution in [2.75, 3.05) is 6.54 Å². The van der Waals surface area contributed by atoms with Gasteiger partial charge in [-0.15, -0.1) is 0 Å². The second-order valence-electron chi connectivity index (χ2n) is 4.84. The summed E-state index contributed by atoms with van der Waals surface area (Å²) in [6, 6.07) is 6.91. The van der Waals surface area contributed by atoms with Crippen LogP contribution in [-0.4, -0.2) is 6.54 Å². The summed E-state index contributed by atoms with van der Waals surface area (Å²) in [6.07, 6.45) is 3.21. The summed E-state index contributed by atoms with van der Waals surface area (Å²) < 4.78 is 1.19. The Morgan fingerprint density at radius 1 is 1.39 bits per heavy atom. The van der Waals surface area contributed by atoms with Gasteiger partial charge in [-0.25, -0.2) is 0 Å². The number of hydrogen-bond donors (Lipinski definition) is 1. The van der Waals surface area contributed by atoms with Gasteiger partial charge in [-0.1, -0.05) is 59.6 Å². The third kappa shape index (κ3) is 4.58. The molecule has 0 amide bonds. The van der Waals surface area contributed by atoms with Gasteiger partial charge in [-0.05, 0) is 44.4 Å². The summed E-state index contributed by atoms with van der Waals surface area (Å²) in [5.41, 5.74) is 3.95. The quantitative estimate of drug-likeness (QED) is 0.686. The van der Waals surface area contributed by atoms with Gasteiger partial charge in [0.15, 0.2) is 0 Å². The van der Waals surface area contributed by atoms with Gasteiger partial charge in [0.2, 0.25) is 0 Å². The first-order chi connectivity index (χ1) is 8.58. The maximum atomic E-state index is 4.14. The van der Waals surface area contributed by atoms with Crippen molar-refractivity contribution < 1.29 is 0 Å². The minimum atomic E-state index is 0.367. The zero-order chi connectivity index (χ0) is 13.5. The number of halogens is 1. The highest BCUT2D eigenvalue weighted by Crippen LogP contribution is 2.29. The van der Waals surface area contributed by atoms with Crippen LogP contribution in [0.4, 0.5) is 0 Å². The molecule has 0 aliphatic heterocycles. The van der Waals surface area contributed by atoms with Crippen molar-refractivity contribution in [3.8, 4) is 0 Å². The molecule has 1 aromatic carbocycles. The summed E-state index contributed by atoms with van der Waals surface area (Å²) in [5.74, 6) is 0. The third-order valence-electron chi connectivity index (χ3n) is 3.16. The topological polar surface area (TPSA) is 12.0 Å². The number of hydrogen-bond acceptors (Lipinski definition) is 1.